The summed E-state index contributed by atoms with van der Waals surface area (Å²) in [6.07, 6.45) is 13.4. The molecule has 2 atom stereocenters. The summed E-state index contributed by atoms with van der Waals surface area (Å²) in [5.41, 5.74) is 7.02. The Morgan fingerprint density at radius 3 is 2.72 bits per heavy atom. The molecule has 3 amide bonds. The largest absolute Gasteiger partial charge is 1.00 e. The number of hydrogen-bond donors (Lipinski definition) is 3. The Labute approximate surface area is 292 Å². The number of carboxylic acid groups (broad SMARTS) is 1. The van der Waals surface area contributed by atoms with Gasteiger partial charge in [-0.05, 0) is 30.7 Å². The minimum absolute atomic E-state index is 0. The quantitative estimate of drug-likeness (QED) is 0.0566. The van der Waals surface area contributed by atoms with Crippen molar-refractivity contribution in [3.05, 3.63) is 82.1 Å². The van der Waals surface area contributed by atoms with Crippen molar-refractivity contribution in [2.75, 3.05) is 24.6 Å². The standard InChI is InChI=1S/C27H24N10O6S2.Na/c1-2-43-35-19(18-12-45-27(29)31-18)23(39)32-20-24(40)37-21(26(41)42)15(11-44-25(20)37)4-3-7-36-8-5-14(6-9-36)16-10-17(34-33-16)22(38)30-13-28;/h3-6,8-10,12,20,25H,2,7,11H2,1H3,(H2,29,31)(H,30,38)(H,32,39)(H,41,42);/q;+1/p-1/b4-3+,35-19-;/t20-,25-;/m1./s1. The number of thioether (sulfide) groups is 1. The number of β-lactam (4-membered cyclic amide) rings is 1. The third kappa shape index (κ3) is 7.29. The van der Waals surface area contributed by atoms with Crippen LogP contribution in [0.2, 0.25) is 0 Å². The molecule has 0 unspecified atom stereocenters. The molecule has 4 aliphatic heterocycles. The van der Waals surface area contributed by atoms with Crippen molar-refractivity contribution in [1.29, 1.82) is 5.26 Å². The zero-order chi connectivity index (χ0) is 32.1. The summed E-state index contributed by atoms with van der Waals surface area (Å²) in [7, 11) is 0. The van der Waals surface area contributed by atoms with Gasteiger partial charge in [0.15, 0.2) is 22.7 Å². The molecule has 0 aromatic carbocycles. The van der Waals surface area contributed by atoms with Crippen LogP contribution in [-0.2, 0) is 24.0 Å². The van der Waals surface area contributed by atoms with E-state index >= 15 is 0 Å². The summed E-state index contributed by atoms with van der Waals surface area (Å²) in [5, 5.41) is 38.0. The number of nitrogen functional groups attached to an aromatic ring is 1. The number of nitrogens with zero attached hydrogens (tertiary/aromatic N) is 7. The minimum Gasteiger partial charge on any atom is -0.543 e. The van der Waals surface area contributed by atoms with E-state index in [2.05, 4.69) is 25.7 Å². The van der Waals surface area contributed by atoms with Gasteiger partial charge in [-0.3, -0.25) is 24.6 Å². The first-order valence-corrected chi connectivity index (χ1v) is 15.1. The van der Waals surface area contributed by atoms with Gasteiger partial charge in [0.05, 0.1) is 17.4 Å². The van der Waals surface area contributed by atoms with Gasteiger partial charge < -0.3 is 30.7 Å². The van der Waals surface area contributed by atoms with Crippen molar-refractivity contribution < 1.29 is 58.7 Å². The van der Waals surface area contributed by atoms with Gasteiger partial charge in [-0.2, -0.15) is 5.26 Å². The Morgan fingerprint density at radius 2 is 2.07 bits per heavy atom. The van der Waals surface area contributed by atoms with Crippen LogP contribution in [0.1, 0.15) is 12.6 Å². The monoisotopic (exact) mass is 670 g/mol. The summed E-state index contributed by atoms with van der Waals surface area (Å²) in [5.74, 6) is -3.22. The number of carboxylic acids is 1. The molecule has 0 bridgehead atoms. The number of azo groups is 1. The maximum absolute atomic E-state index is 13.1. The molecule has 0 radical (unpaired) electrons. The smallest absolute Gasteiger partial charge is 0.543 e. The fraction of sp³-hybridized carbons (Fsp3) is 0.222. The molecule has 1 saturated heterocycles. The van der Waals surface area contributed by atoms with Gasteiger partial charge in [0, 0.05) is 35.7 Å². The molecule has 1 aromatic rings. The van der Waals surface area contributed by atoms with E-state index in [-0.39, 0.29) is 69.8 Å². The van der Waals surface area contributed by atoms with Crippen LogP contribution in [0, 0.1) is 11.5 Å². The van der Waals surface area contributed by atoms with Gasteiger partial charge in [-0.25, -0.2) is 4.98 Å². The van der Waals surface area contributed by atoms with Crippen LogP contribution in [0.25, 0.3) is 0 Å². The molecular formula is C27H23N10NaO6S2. The van der Waals surface area contributed by atoms with Crippen LogP contribution in [-0.4, -0.2) is 74.5 Å². The Bertz CT molecular complexity index is 1740. The number of rotatable bonds is 10. The molecule has 5 rings (SSSR count). The van der Waals surface area contributed by atoms with Gasteiger partial charge >= 0.3 is 29.6 Å². The molecule has 46 heavy (non-hydrogen) atoms. The molecule has 16 nitrogen and oxygen atoms in total. The van der Waals surface area contributed by atoms with Crippen molar-refractivity contribution in [3.63, 3.8) is 0 Å². The molecule has 1 fully saturated rings. The van der Waals surface area contributed by atoms with E-state index in [0.29, 0.717) is 23.4 Å². The van der Waals surface area contributed by atoms with Gasteiger partial charge in [-0.15, -0.1) is 33.3 Å². The van der Waals surface area contributed by atoms with Crippen LogP contribution >= 0.6 is 23.1 Å². The molecule has 0 aliphatic carbocycles. The second-order valence-corrected chi connectivity index (χ2v) is 11.3. The molecule has 0 saturated carbocycles. The van der Waals surface area contributed by atoms with E-state index < -0.39 is 35.1 Å². The number of fused-ring (bicyclic) bond motifs is 1. The maximum atomic E-state index is 13.1. The topological polar surface area (TPSA) is 231 Å². The Kier molecular flexibility index (Phi) is 11.3. The molecule has 4 aliphatic rings. The fourth-order valence-corrected chi connectivity index (χ4v) is 6.29. The first kappa shape index (κ1) is 34.3. The number of amides is 3. The second-order valence-electron chi connectivity index (χ2n) is 9.32. The van der Waals surface area contributed by atoms with Crippen molar-refractivity contribution in [2.45, 2.75) is 18.3 Å². The predicted molar refractivity (Wildman–Crippen MR) is 160 cm³/mol. The number of oxime groups is 1. The number of aromatic nitrogens is 1. The average Bonchev–Trinajstić information content (AvgIpc) is 3.70. The van der Waals surface area contributed by atoms with Crippen LogP contribution in [0.3, 0.4) is 0 Å². The number of nitrogens with one attached hydrogen (secondary N) is 2. The third-order valence-electron chi connectivity index (χ3n) is 6.51. The van der Waals surface area contributed by atoms with E-state index in [1.165, 1.54) is 23.2 Å². The fourth-order valence-electron chi connectivity index (χ4n) is 4.43. The predicted octanol–water partition coefficient (Wildman–Crippen LogP) is -3.03. The zero-order valence-electron chi connectivity index (χ0n) is 24.4. The van der Waals surface area contributed by atoms with Crippen LogP contribution in [0.5, 0.6) is 0 Å². The Balaban J connectivity index is 0.00000480. The summed E-state index contributed by atoms with van der Waals surface area (Å²) in [6, 6.07) is -0.997. The number of carbonyl (C=O) groups excluding carboxylic acids is 4. The summed E-state index contributed by atoms with van der Waals surface area (Å²) < 4.78 is 0. The van der Waals surface area contributed by atoms with E-state index in [9.17, 15) is 24.3 Å². The number of allylic oxidation sites excluding steroid dienone is 5. The average molecular weight is 671 g/mol. The van der Waals surface area contributed by atoms with Gasteiger partial charge in [0.25, 0.3) is 17.7 Å². The number of aliphatic carboxylic acids is 1. The summed E-state index contributed by atoms with van der Waals surface area (Å²) in [6.45, 7) is 2.26. The van der Waals surface area contributed by atoms with Gasteiger partial charge in [-0.1, -0.05) is 17.3 Å². The number of thiazole rings is 1. The molecule has 1 aromatic heterocycles. The van der Waals surface area contributed by atoms with E-state index in [0.717, 1.165) is 16.2 Å². The summed E-state index contributed by atoms with van der Waals surface area (Å²) in [4.78, 5) is 62.0. The van der Waals surface area contributed by atoms with Gasteiger partial charge in [0.1, 0.15) is 23.7 Å². The maximum Gasteiger partial charge on any atom is 1.00 e. The molecule has 0 spiro atoms. The van der Waals surface area contributed by atoms with Crippen molar-refractivity contribution in [1.82, 2.24) is 25.4 Å². The number of nitriles is 1. The number of hydrogen-bond acceptors (Lipinski definition) is 15. The Hall–Kier alpha value is -4.54. The first-order valence-electron chi connectivity index (χ1n) is 13.2. The van der Waals surface area contributed by atoms with Crippen molar-refractivity contribution >= 4 is 57.6 Å². The number of carbonyl (C=O) groups is 4. The van der Waals surface area contributed by atoms with E-state index in [1.54, 1.807) is 49.8 Å². The van der Waals surface area contributed by atoms with Crippen molar-refractivity contribution in [3.8, 4) is 6.19 Å². The van der Waals surface area contributed by atoms with Gasteiger partial charge in [0.2, 0.25) is 0 Å². The SMILES string of the molecule is CCO/N=C(\C(=O)N[C@@H]1C(=O)N2C(C(=O)[O-])=C(/C=C/CN3C=CC(=C4C=C(C(=O)NC#N)N=N4)C=C3)CS[C@H]12)c1csc(N)n1.[Na+]. The Morgan fingerprint density at radius 1 is 1.30 bits per heavy atom. The number of nitrogens with two attached hydrogens (primary N) is 1. The molecule has 4 N–H and O–H groups in total. The summed E-state index contributed by atoms with van der Waals surface area (Å²) >= 11 is 2.41. The third-order valence-corrected chi connectivity index (χ3v) is 8.48. The minimum atomic E-state index is -1.51. The van der Waals surface area contributed by atoms with Crippen LogP contribution in [0.4, 0.5) is 5.13 Å². The molecule has 5 heterocycles. The van der Waals surface area contributed by atoms with Crippen LogP contribution in [0.15, 0.2) is 91.8 Å². The molecule has 230 valence electrons. The van der Waals surface area contributed by atoms with E-state index in [1.807, 2.05) is 10.2 Å². The zero-order valence-corrected chi connectivity index (χ0v) is 28.0. The van der Waals surface area contributed by atoms with Crippen molar-refractivity contribution in [2.24, 2.45) is 15.4 Å². The normalized spacial score (nSPS) is 20.2. The first-order chi connectivity index (χ1) is 21.7. The number of anilines is 1. The second kappa shape index (κ2) is 15.2. The molecule has 19 heteroatoms. The van der Waals surface area contributed by atoms with E-state index in [4.69, 9.17) is 15.8 Å². The van der Waals surface area contributed by atoms with Crippen LogP contribution < -0.4 is 51.0 Å². The molecular weight excluding hydrogens is 647 g/mol.